The number of carbonyl (C=O) groups is 1. The van der Waals surface area contributed by atoms with Crippen LogP contribution in [-0.2, 0) is 34.3 Å². The van der Waals surface area contributed by atoms with Crippen LogP contribution in [0.25, 0.3) is 11.1 Å². The second kappa shape index (κ2) is 13.9. The van der Waals surface area contributed by atoms with Crippen LogP contribution in [0.5, 0.6) is 11.5 Å². The number of halogens is 2. The zero-order chi connectivity index (χ0) is 37.5. The third-order valence-corrected chi connectivity index (χ3v) is 10.6. The molecule has 1 atom stereocenters. The number of rotatable bonds is 9. The molecule has 0 bridgehead atoms. The fourth-order valence-electron chi connectivity index (χ4n) is 6.28. The van der Waals surface area contributed by atoms with Crippen LogP contribution in [0.1, 0.15) is 56.0 Å². The Morgan fingerprint density at radius 3 is 2.50 bits per heavy atom. The number of hydrogen-bond donors (Lipinski definition) is 0. The Balaban J connectivity index is 1.40. The molecule has 5 aromatic rings. The Hall–Kier alpha value is -5.44. The van der Waals surface area contributed by atoms with Gasteiger partial charge in [-0.25, -0.2) is 36.1 Å². The molecule has 1 aliphatic heterocycles. The van der Waals surface area contributed by atoms with Gasteiger partial charge >= 0.3 is 11.8 Å². The van der Waals surface area contributed by atoms with Crippen molar-refractivity contribution in [1.82, 2.24) is 14.5 Å². The summed E-state index contributed by atoms with van der Waals surface area (Å²) in [5.74, 6) is -2.16. The number of sulfonamides is 1. The van der Waals surface area contributed by atoms with E-state index >= 15 is 4.39 Å². The lowest BCUT2D eigenvalue weighted by Gasteiger charge is -2.33. The summed E-state index contributed by atoms with van der Waals surface area (Å²) in [5, 5.41) is 0. The SMILES string of the molecule is COc1ccc(CN(c2ccc(F)cn2)S(=O)(=O)c2cc3oc(=O)n([C@H](C)c4cccc5c4CN(C(=O)OC(C)(C)C)CC5)c3cc2F)c(OC)c1. The van der Waals surface area contributed by atoms with Crippen LogP contribution in [0.15, 0.2) is 81.0 Å². The zero-order valence-electron chi connectivity index (χ0n) is 29.5. The predicted molar refractivity (Wildman–Crippen MR) is 188 cm³/mol. The maximum Gasteiger partial charge on any atom is 0.420 e. The van der Waals surface area contributed by atoms with Crippen molar-refractivity contribution < 1.29 is 40.6 Å². The summed E-state index contributed by atoms with van der Waals surface area (Å²) in [6, 6.07) is 13.7. The van der Waals surface area contributed by atoms with Gasteiger partial charge in [-0.1, -0.05) is 18.2 Å². The summed E-state index contributed by atoms with van der Waals surface area (Å²) in [6.45, 7) is 7.41. The van der Waals surface area contributed by atoms with Gasteiger partial charge in [0.1, 0.15) is 39.4 Å². The van der Waals surface area contributed by atoms with Gasteiger partial charge < -0.3 is 23.5 Å². The van der Waals surface area contributed by atoms with Gasteiger partial charge in [0, 0.05) is 36.9 Å². The lowest BCUT2D eigenvalue weighted by molar-refractivity contribution is 0.0223. The van der Waals surface area contributed by atoms with Crippen molar-refractivity contribution in [2.75, 3.05) is 25.1 Å². The molecule has 1 amide bonds. The lowest BCUT2D eigenvalue weighted by atomic mass is 9.91. The molecule has 0 spiro atoms. The maximum absolute atomic E-state index is 16.2. The average molecular weight is 737 g/mol. The molecule has 0 N–H and O–H groups in total. The standard InChI is InChI=1S/C37H38F2N4O8S/c1-22(27-9-7-8-23-14-15-41(21-28(23)27)35(44)51-37(2,3)4)43-30-17-29(39)33(18-32(30)50-36(43)45)52(46,47)42(34-13-11-25(38)19-40-34)20-24-10-12-26(48-5)16-31(24)49-6/h7-13,16-19,22H,14-15,20-21H2,1-6H3/t22-/m1/s1. The minimum Gasteiger partial charge on any atom is -0.497 e. The second-order valence-corrected chi connectivity index (χ2v) is 15.2. The monoisotopic (exact) mass is 736 g/mol. The van der Waals surface area contributed by atoms with E-state index in [9.17, 15) is 22.4 Å². The molecular weight excluding hydrogens is 698 g/mol. The van der Waals surface area contributed by atoms with Crippen molar-refractivity contribution in [3.05, 3.63) is 111 Å². The highest BCUT2D eigenvalue weighted by Gasteiger charge is 2.33. The van der Waals surface area contributed by atoms with Crippen LogP contribution in [0.4, 0.5) is 19.4 Å². The Kier molecular flexibility index (Phi) is 9.75. The van der Waals surface area contributed by atoms with Crippen LogP contribution in [0.2, 0.25) is 0 Å². The number of benzene rings is 3. The number of nitrogens with zero attached hydrogens (tertiary/aromatic N) is 4. The van der Waals surface area contributed by atoms with E-state index in [1.165, 1.54) is 18.8 Å². The number of ether oxygens (including phenoxy) is 3. The summed E-state index contributed by atoms with van der Waals surface area (Å²) >= 11 is 0. The highest BCUT2D eigenvalue weighted by molar-refractivity contribution is 7.92. The molecule has 0 saturated carbocycles. The van der Waals surface area contributed by atoms with E-state index in [4.69, 9.17) is 18.6 Å². The van der Waals surface area contributed by atoms with Crippen molar-refractivity contribution in [3.8, 4) is 11.5 Å². The molecule has 1 aliphatic rings. The first kappa shape index (κ1) is 36.4. The van der Waals surface area contributed by atoms with Crippen molar-refractivity contribution in [3.63, 3.8) is 0 Å². The Morgan fingerprint density at radius 1 is 1.06 bits per heavy atom. The number of hydrogen-bond acceptors (Lipinski definition) is 9. The molecule has 6 rings (SSSR count). The minimum atomic E-state index is -4.78. The summed E-state index contributed by atoms with van der Waals surface area (Å²) < 4.78 is 82.6. The van der Waals surface area contributed by atoms with E-state index in [0.29, 0.717) is 29.8 Å². The quantitative estimate of drug-likeness (QED) is 0.165. The van der Waals surface area contributed by atoms with Crippen molar-refractivity contribution >= 4 is 33.0 Å². The molecule has 52 heavy (non-hydrogen) atoms. The zero-order valence-corrected chi connectivity index (χ0v) is 30.3. The molecule has 0 fully saturated rings. The van der Waals surface area contributed by atoms with E-state index in [2.05, 4.69) is 4.98 Å². The molecule has 3 aromatic carbocycles. The number of amides is 1. The lowest BCUT2D eigenvalue weighted by Crippen LogP contribution is -2.40. The van der Waals surface area contributed by atoms with Crippen LogP contribution in [0.3, 0.4) is 0 Å². The number of aromatic nitrogens is 2. The molecule has 12 nitrogen and oxygen atoms in total. The van der Waals surface area contributed by atoms with E-state index in [1.54, 1.807) is 50.8 Å². The van der Waals surface area contributed by atoms with Crippen molar-refractivity contribution in [2.24, 2.45) is 0 Å². The Bertz CT molecular complexity index is 2320. The molecule has 0 saturated heterocycles. The first-order chi connectivity index (χ1) is 24.6. The number of fused-ring (bicyclic) bond motifs is 2. The number of anilines is 1. The van der Waals surface area contributed by atoms with Gasteiger partial charge in [0.15, 0.2) is 5.58 Å². The molecule has 0 unspecified atom stereocenters. The van der Waals surface area contributed by atoms with Gasteiger partial charge in [-0.3, -0.25) is 4.57 Å². The normalized spacial score (nSPS) is 13.8. The van der Waals surface area contributed by atoms with Gasteiger partial charge in [-0.15, -0.1) is 0 Å². The van der Waals surface area contributed by atoms with Crippen molar-refractivity contribution in [2.45, 2.75) is 63.7 Å². The number of oxazole rings is 1. The van der Waals surface area contributed by atoms with E-state index in [-0.39, 0.29) is 35.8 Å². The number of pyridine rings is 1. The largest absolute Gasteiger partial charge is 0.497 e. The second-order valence-electron chi connectivity index (χ2n) is 13.3. The average Bonchev–Trinajstić information content (AvgIpc) is 3.43. The van der Waals surface area contributed by atoms with E-state index in [1.807, 2.05) is 18.2 Å². The number of methoxy groups -OCH3 is 2. The topological polar surface area (TPSA) is 133 Å². The molecule has 3 heterocycles. The molecule has 0 radical (unpaired) electrons. The fraction of sp³-hybridized carbons (Fsp3) is 0.324. The van der Waals surface area contributed by atoms with E-state index in [0.717, 1.165) is 45.9 Å². The van der Waals surface area contributed by atoms with E-state index < -0.39 is 50.0 Å². The number of carbonyl (C=O) groups excluding carboxylic acids is 1. The maximum atomic E-state index is 16.2. The van der Waals surface area contributed by atoms with Gasteiger partial charge in [-0.2, -0.15) is 0 Å². The van der Waals surface area contributed by atoms with Crippen LogP contribution in [0, 0.1) is 11.6 Å². The van der Waals surface area contributed by atoms with Gasteiger partial charge in [0.25, 0.3) is 10.0 Å². The Morgan fingerprint density at radius 2 is 1.83 bits per heavy atom. The third kappa shape index (κ3) is 7.04. The molecule has 0 aliphatic carbocycles. The molecular formula is C37H38F2N4O8S. The van der Waals surface area contributed by atoms with Gasteiger partial charge in [0.2, 0.25) is 0 Å². The summed E-state index contributed by atoms with van der Waals surface area (Å²) in [4.78, 5) is 31.1. The first-order valence-electron chi connectivity index (χ1n) is 16.4. The fourth-order valence-corrected chi connectivity index (χ4v) is 7.74. The first-order valence-corrected chi connectivity index (χ1v) is 17.8. The smallest absolute Gasteiger partial charge is 0.420 e. The summed E-state index contributed by atoms with van der Waals surface area (Å²) in [6.07, 6.45) is 0.948. The van der Waals surface area contributed by atoms with Crippen LogP contribution >= 0.6 is 0 Å². The predicted octanol–water partition coefficient (Wildman–Crippen LogP) is 6.58. The summed E-state index contributed by atoms with van der Waals surface area (Å²) in [5.41, 5.74) is 2.06. The Labute approximate surface area is 299 Å². The summed E-state index contributed by atoms with van der Waals surface area (Å²) in [7, 11) is -1.91. The van der Waals surface area contributed by atoms with Gasteiger partial charge in [0.05, 0.1) is 38.5 Å². The molecule has 2 aromatic heterocycles. The molecule has 274 valence electrons. The minimum absolute atomic E-state index is 0.0228. The highest BCUT2D eigenvalue weighted by atomic mass is 32.2. The van der Waals surface area contributed by atoms with Gasteiger partial charge in [-0.05, 0) is 75.1 Å². The highest BCUT2D eigenvalue weighted by Crippen LogP contribution is 2.35. The van der Waals surface area contributed by atoms with Crippen molar-refractivity contribution in [1.29, 1.82) is 0 Å². The molecule has 15 heteroatoms. The van der Waals surface area contributed by atoms with Crippen LogP contribution in [-0.4, -0.2) is 55.3 Å². The van der Waals surface area contributed by atoms with Crippen LogP contribution < -0.4 is 19.5 Å². The third-order valence-electron chi connectivity index (χ3n) is 8.81.